The van der Waals surface area contributed by atoms with Gasteiger partial charge in [0.25, 0.3) is 5.91 Å². The number of amides is 1. The van der Waals surface area contributed by atoms with E-state index in [1.165, 1.54) is 18.3 Å². The zero-order valence-electron chi connectivity index (χ0n) is 13.3. The van der Waals surface area contributed by atoms with Crippen LogP contribution >= 0.6 is 0 Å². The molecule has 2 N–H and O–H groups in total. The van der Waals surface area contributed by atoms with Crippen molar-refractivity contribution in [2.75, 3.05) is 45.8 Å². The van der Waals surface area contributed by atoms with E-state index >= 15 is 0 Å². The van der Waals surface area contributed by atoms with Crippen molar-refractivity contribution < 1.29 is 19.4 Å². The summed E-state index contributed by atoms with van der Waals surface area (Å²) in [4.78, 5) is 14.0. The van der Waals surface area contributed by atoms with Crippen LogP contribution in [0.5, 0.6) is 5.75 Å². The number of phenols is 1. The molecule has 1 aromatic carbocycles. The highest BCUT2D eigenvalue weighted by molar-refractivity contribution is 6.06. The summed E-state index contributed by atoms with van der Waals surface area (Å²) in [5.74, 6) is -0.509. The van der Waals surface area contributed by atoms with Gasteiger partial charge >= 0.3 is 0 Å². The highest BCUT2D eigenvalue weighted by Gasteiger charge is 2.12. The number of nitrogens with zero attached hydrogens (tertiary/aromatic N) is 2. The second-order valence-corrected chi connectivity index (χ2v) is 4.68. The van der Waals surface area contributed by atoms with E-state index in [2.05, 4.69) is 5.32 Å². The quantitative estimate of drug-likeness (QED) is 0.527. The van der Waals surface area contributed by atoms with Crippen LogP contribution in [0.3, 0.4) is 0 Å². The molecule has 0 bridgehead atoms. The molecule has 1 aromatic rings. The lowest BCUT2D eigenvalue weighted by molar-refractivity contribution is -0.112. The summed E-state index contributed by atoms with van der Waals surface area (Å²) < 4.78 is 10.0. The van der Waals surface area contributed by atoms with Crippen LogP contribution in [0, 0.1) is 11.3 Å². The van der Waals surface area contributed by atoms with Crippen LogP contribution < -0.4 is 5.32 Å². The van der Waals surface area contributed by atoms with E-state index in [0.29, 0.717) is 32.0 Å². The SMILES string of the molecule is COCCN(/C=C(/C#N)C(=O)Nc1cccc(O)c1)CCOC. The van der Waals surface area contributed by atoms with Gasteiger partial charge in [-0.3, -0.25) is 4.79 Å². The first-order valence-corrected chi connectivity index (χ1v) is 7.05. The van der Waals surface area contributed by atoms with Crippen LogP contribution in [0.2, 0.25) is 0 Å². The molecule has 0 spiro atoms. The number of hydrogen-bond donors (Lipinski definition) is 2. The number of aromatic hydroxyl groups is 1. The first-order chi connectivity index (χ1) is 11.1. The first-order valence-electron chi connectivity index (χ1n) is 7.05. The second-order valence-electron chi connectivity index (χ2n) is 4.68. The monoisotopic (exact) mass is 319 g/mol. The van der Waals surface area contributed by atoms with Gasteiger partial charge in [-0.05, 0) is 12.1 Å². The Labute approximate surface area is 135 Å². The molecule has 0 radical (unpaired) electrons. The molecular weight excluding hydrogens is 298 g/mol. The van der Waals surface area contributed by atoms with Gasteiger partial charge in [0.1, 0.15) is 17.4 Å². The molecule has 124 valence electrons. The van der Waals surface area contributed by atoms with Crippen molar-refractivity contribution in [2.45, 2.75) is 0 Å². The summed E-state index contributed by atoms with van der Waals surface area (Å²) in [6.07, 6.45) is 1.48. The van der Waals surface area contributed by atoms with E-state index in [-0.39, 0.29) is 11.3 Å². The summed E-state index contributed by atoms with van der Waals surface area (Å²) in [6.45, 7) is 2.00. The minimum Gasteiger partial charge on any atom is -0.508 e. The standard InChI is InChI=1S/C16H21N3O4/c1-22-8-6-19(7-9-23-2)12-13(11-17)16(21)18-14-4-3-5-15(20)10-14/h3-5,10,12,20H,6-9H2,1-2H3,(H,18,21)/b13-12-. The fraction of sp³-hybridized carbons (Fsp3) is 0.375. The summed E-state index contributed by atoms with van der Waals surface area (Å²) in [5.41, 5.74) is 0.372. The number of ether oxygens (including phenoxy) is 2. The number of phenolic OH excluding ortho intramolecular Hbond substituents is 1. The molecule has 0 saturated carbocycles. The molecule has 1 amide bonds. The Kier molecular flexibility index (Phi) is 8.21. The second kappa shape index (κ2) is 10.2. The summed E-state index contributed by atoms with van der Waals surface area (Å²) >= 11 is 0. The number of rotatable bonds is 9. The maximum atomic E-state index is 12.2. The molecule has 0 aliphatic heterocycles. The molecule has 0 aliphatic rings. The molecule has 0 aromatic heterocycles. The predicted octanol–water partition coefficient (Wildman–Crippen LogP) is 1.33. The van der Waals surface area contributed by atoms with Crippen molar-refractivity contribution >= 4 is 11.6 Å². The van der Waals surface area contributed by atoms with E-state index < -0.39 is 5.91 Å². The van der Waals surface area contributed by atoms with Crippen LogP contribution in [-0.2, 0) is 14.3 Å². The summed E-state index contributed by atoms with van der Waals surface area (Å²) in [5, 5.41) is 21.2. The lowest BCUT2D eigenvalue weighted by Gasteiger charge is -2.20. The fourth-order valence-corrected chi connectivity index (χ4v) is 1.76. The van der Waals surface area contributed by atoms with E-state index in [4.69, 9.17) is 9.47 Å². The first kappa shape index (κ1) is 18.5. The maximum absolute atomic E-state index is 12.2. The van der Waals surface area contributed by atoms with E-state index in [1.54, 1.807) is 31.3 Å². The van der Waals surface area contributed by atoms with Crippen LogP contribution in [-0.4, -0.2) is 56.4 Å². The zero-order chi connectivity index (χ0) is 17.1. The molecule has 0 unspecified atom stereocenters. The normalized spacial score (nSPS) is 10.9. The molecule has 0 saturated heterocycles. The third kappa shape index (κ3) is 6.82. The minimum atomic E-state index is -0.544. The number of nitrogens with one attached hydrogen (secondary N) is 1. The minimum absolute atomic E-state index is 0.0344. The average Bonchev–Trinajstić information content (AvgIpc) is 2.54. The van der Waals surface area contributed by atoms with Gasteiger partial charge in [0.15, 0.2) is 0 Å². The highest BCUT2D eigenvalue weighted by atomic mass is 16.5. The predicted molar refractivity (Wildman–Crippen MR) is 85.8 cm³/mol. The number of hydrogen-bond acceptors (Lipinski definition) is 6. The Bertz CT molecular complexity index is 573. The highest BCUT2D eigenvalue weighted by Crippen LogP contribution is 2.16. The molecule has 0 atom stereocenters. The number of nitriles is 1. The Morgan fingerprint density at radius 1 is 1.35 bits per heavy atom. The van der Waals surface area contributed by atoms with E-state index in [9.17, 15) is 15.2 Å². The Morgan fingerprint density at radius 3 is 2.52 bits per heavy atom. The third-order valence-electron chi connectivity index (χ3n) is 2.95. The Morgan fingerprint density at radius 2 is 2.00 bits per heavy atom. The van der Waals surface area contributed by atoms with Crippen molar-refractivity contribution in [3.63, 3.8) is 0 Å². The molecule has 7 nitrogen and oxygen atoms in total. The van der Waals surface area contributed by atoms with Gasteiger partial charge in [0, 0.05) is 45.3 Å². The van der Waals surface area contributed by atoms with Crippen molar-refractivity contribution in [1.82, 2.24) is 4.90 Å². The zero-order valence-corrected chi connectivity index (χ0v) is 13.3. The van der Waals surface area contributed by atoms with Crippen molar-refractivity contribution in [3.8, 4) is 11.8 Å². The molecule has 0 heterocycles. The van der Waals surface area contributed by atoms with Gasteiger partial charge in [-0.2, -0.15) is 5.26 Å². The average molecular weight is 319 g/mol. The largest absolute Gasteiger partial charge is 0.508 e. The van der Waals surface area contributed by atoms with Crippen LogP contribution in [0.15, 0.2) is 36.0 Å². The summed E-state index contributed by atoms with van der Waals surface area (Å²) in [7, 11) is 3.16. The van der Waals surface area contributed by atoms with Gasteiger partial charge in [-0.1, -0.05) is 6.07 Å². The molecule has 0 aliphatic carbocycles. The molecule has 0 fully saturated rings. The van der Waals surface area contributed by atoms with Gasteiger partial charge in [0.2, 0.25) is 0 Å². The maximum Gasteiger partial charge on any atom is 0.267 e. The van der Waals surface area contributed by atoms with Crippen molar-refractivity contribution in [2.24, 2.45) is 0 Å². The lowest BCUT2D eigenvalue weighted by Crippen LogP contribution is -2.27. The molecule has 23 heavy (non-hydrogen) atoms. The van der Waals surface area contributed by atoms with Crippen LogP contribution in [0.4, 0.5) is 5.69 Å². The number of carbonyl (C=O) groups excluding carboxylic acids is 1. The molecule has 7 heteroatoms. The van der Waals surface area contributed by atoms with Crippen molar-refractivity contribution in [1.29, 1.82) is 5.26 Å². The van der Waals surface area contributed by atoms with Gasteiger partial charge in [-0.15, -0.1) is 0 Å². The third-order valence-corrected chi connectivity index (χ3v) is 2.95. The lowest BCUT2D eigenvalue weighted by atomic mass is 10.2. The Hall–Kier alpha value is -2.56. The topological polar surface area (TPSA) is 94.8 Å². The van der Waals surface area contributed by atoms with E-state index in [0.717, 1.165) is 0 Å². The van der Waals surface area contributed by atoms with Gasteiger partial charge < -0.3 is 24.8 Å². The Balaban J connectivity index is 2.81. The number of benzene rings is 1. The molecule has 1 rings (SSSR count). The van der Waals surface area contributed by atoms with Crippen molar-refractivity contribution in [3.05, 3.63) is 36.0 Å². The van der Waals surface area contributed by atoms with Crippen LogP contribution in [0.25, 0.3) is 0 Å². The number of methoxy groups -OCH3 is 2. The fourth-order valence-electron chi connectivity index (χ4n) is 1.76. The van der Waals surface area contributed by atoms with E-state index in [1.807, 2.05) is 6.07 Å². The number of carbonyl (C=O) groups is 1. The smallest absolute Gasteiger partial charge is 0.267 e. The van der Waals surface area contributed by atoms with Crippen LogP contribution in [0.1, 0.15) is 0 Å². The molecular formula is C16H21N3O4. The summed E-state index contributed by atoms with van der Waals surface area (Å²) in [6, 6.07) is 8.01. The number of anilines is 1. The van der Waals surface area contributed by atoms with Gasteiger partial charge in [0.05, 0.1) is 13.2 Å². The van der Waals surface area contributed by atoms with Gasteiger partial charge in [-0.25, -0.2) is 0 Å².